The van der Waals surface area contributed by atoms with E-state index >= 15 is 0 Å². The van der Waals surface area contributed by atoms with Crippen molar-refractivity contribution in [1.82, 2.24) is 19.4 Å². The number of urea groups is 1. The minimum absolute atomic E-state index is 0.0141. The molecule has 1 N–H and O–H groups in total. The summed E-state index contributed by atoms with van der Waals surface area (Å²) in [7, 11) is -3.59. The maximum atomic E-state index is 13.0. The van der Waals surface area contributed by atoms with E-state index in [0.29, 0.717) is 23.5 Å². The average Bonchev–Trinajstić information content (AvgIpc) is 3.22. The summed E-state index contributed by atoms with van der Waals surface area (Å²) in [5.41, 5.74) is 1.61. The zero-order valence-corrected chi connectivity index (χ0v) is 17.3. The third-order valence-corrected chi connectivity index (χ3v) is 7.38. The Bertz CT molecular complexity index is 841. The standard InChI is InChI=1S/C19H28N4O4S/c1-15-5-6-16(2)17(13-15)28(26,27)23-11-9-22(10-12-23)19(25)20-14-18(24)21-7-3-4-8-21/h5-6,13H,3-4,7-12,14H2,1-2H3,(H,20,25). The van der Waals surface area contributed by atoms with Gasteiger partial charge in [-0.2, -0.15) is 4.31 Å². The van der Waals surface area contributed by atoms with Crippen LogP contribution in [0.4, 0.5) is 4.79 Å². The normalized spacial score (nSPS) is 18.4. The fourth-order valence-corrected chi connectivity index (χ4v) is 5.33. The van der Waals surface area contributed by atoms with Crippen LogP contribution < -0.4 is 5.32 Å². The van der Waals surface area contributed by atoms with Crippen LogP contribution in [0.2, 0.25) is 0 Å². The second kappa shape index (κ2) is 8.48. The van der Waals surface area contributed by atoms with E-state index in [1.807, 2.05) is 19.1 Å². The fourth-order valence-electron chi connectivity index (χ4n) is 3.60. The number of likely N-dealkylation sites (tertiary alicyclic amines) is 1. The zero-order chi connectivity index (χ0) is 20.3. The first kappa shape index (κ1) is 20.6. The third kappa shape index (κ3) is 4.47. The largest absolute Gasteiger partial charge is 0.341 e. The van der Waals surface area contributed by atoms with Gasteiger partial charge in [-0.05, 0) is 43.9 Å². The van der Waals surface area contributed by atoms with Gasteiger partial charge in [0.15, 0.2) is 0 Å². The van der Waals surface area contributed by atoms with Crippen LogP contribution in [0.25, 0.3) is 0 Å². The summed E-state index contributed by atoms with van der Waals surface area (Å²) in [5, 5.41) is 2.66. The highest BCUT2D eigenvalue weighted by atomic mass is 32.2. The molecule has 8 nitrogen and oxygen atoms in total. The SMILES string of the molecule is Cc1ccc(C)c(S(=O)(=O)N2CCN(C(=O)NCC(=O)N3CCCC3)CC2)c1. The summed E-state index contributed by atoms with van der Waals surface area (Å²) in [4.78, 5) is 28.0. The molecule has 28 heavy (non-hydrogen) atoms. The molecule has 1 aromatic rings. The Hall–Kier alpha value is -2.13. The molecule has 154 valence electrons. The summed E-state index contributed by atoms with van der Waals surface area (Å²) in [5.74, 6) is -0.0676. The summed E-state index contributed by atoms with van der Waals surface area (Å²) in [6.07, 6.45) is 2.02. The summed E-state index contributed by atoms with van der Waals surface area (Å²) in [6.45, 7) is 6.22. The maximum absolute atomic E-state index is 13.0. The highest BCUT2D eigenvalue weighted by Gasteiger charge is 2.31. The summed E-state index contributed by atoms with van der Waals surface area (Å²) < 4.78 is 27.3. The van der Waals surface area contributed by atoms with Crippen LogP contribution in [0, 0.1) is 13.8 Å². The zero-order valence-electron chi connectivity index (χ0n) is 16.5. The fraction of sp³-hybridized carbons (Fsp3) is 0.579. The van der Waals surface area contributed by atoms with Crippen molar-refractivity contribution in [3.05, 3.63) is 29.3 Å². The van der Waals surface area contributed by atoms with E-state index in [2.05, 4.69) is 5.32 Å². The highest BCUT2D eigenvalue weighted by Crippen LogP contribution is 2.22. The Morgan fingerprint density at radius 2 is 1.61 bits per heavy atom. The van der Waals surface area contributed by atoms with Gasteiger partial charge in [-0.25, -0.2) is 13.2 Å². The van der Waals surface area contributed by atoms with Crippen molar-refractivity contribution in [2.45, 2.75) is 31.6 Å². The quantitative estimate of drug-likeness (QED) is 0.803. The Morgan fingerprint density at radius 1 is 0.964 bits per heavy atom. The molecule has 0 radical (unpaired) electrons. The van der Waals surface area contributed by atoms with Gasteiger partial charge < -0.3 is 15.1 Å². The maximum Gasteiger partial charge on any atom is 0.317 e. The number of sulfonamides is 1. The molecule has 2 fully saturated rings. The predicted octanol–water partition coefficient (Wildman–Crippen LogP) is 0.942. The Labute approximate surface area is 166 Å². The van der Waals surface area contributed by atoms with Gasteiger partial charge in [-0.1, -0.05) is 12.1 Å². The van der Waals surface area contributed by atoms with Crippen LogP contribution in [-0.2, 0) is 14.8 Å². The summed E-state index contributed by atoms with van der Waals surface area (Å²) >= 11 is 0. The molecule has 0 atom stereocenters. The molecule has 0 aliphatic carbocycles. The lowest BCUT2D eigenvalue weighted by Gasteiger charge is -2.34. The molecule has 2 aliphatic rings. The minimum atomic E-state index is -3.59. The van der Waals surface area contributed by atoms with E-state index in [4.69, 9.17) is 0 Å². The smallest absolute Gasteiger partial charge is 0.317 e. The first-order valence-corrected chi connectivity index (χ1v) is 11.1. The molecule has 3 amide bonds. The molecule has 1 aromatic carbocycles. The summed E-state index contributed by atoms with van der Waals surface area (Å²) in [6, 6.07) is 5.06. The van der Waals surface area contributed by atoms with Crippen LogP contribution in [0.1, 0.15) is 24.0 Å². The molecule has 9 heteroatoms. The van der Waals surface area contributed by atoms with Gasteiger partial charge >= 0.3 is 6.03 Å². The molecule has 0 saturated carbocycles. The number of hydrogen-bond donors (Lipinski definition) is 1. The van der Waals surface area contributed by atoms with E-state index in [9.17, 15) is 18.0 Å². The van der Waals surface area contributed by atoms with Gasteiger partial charge in [0.05, 0.1) is 11.4 Å². The Balaban J connectivity index is 1.54. The van der Waals surface area contributed by atoms with E-state index in [-0.39, 0.29) is 31.6 Å². The lowest BCUT2D eigenvalue weighted by atomic mass is 10.2. The number of carbonyl (C=O) groups is 2. The molecular weight excluding hydrogens is 380 g/mol. The predicted molar refractivity (Wildman–Crippen MR) is 105 cm³/mol. The third-order valence-electron chi connectivity index (χ3n) is 5.34. The minimum Gasteiger partial charge on any atom is -0.341 e. The Kier molecular flexibility index (Phi) is 6.24. The number of nitrogens with one attached hydrogen (secondary N) is 1. The Morgan fingerprint density at radius 3 is 2.25 bits per heavy atom. The molecule has 0 bridgehead atoms. The van der Waals surface area contributed by atoms with Crippen LogP contribution in [0.15, 0.2) is 23.1 Å². The first-order chi connectivity index (χ1) is 13.3. The lowest BCUT2D eigenvalue weighted by Crippen LogP contribution is -2.54. The van der Waals surface area contributed by atoms with Gasteiger partial charge in [-0.15, -0.1) is 0 Å². The van der Waals surface area contributed by atoms with Gasteiger partial charge in [0.2, 0.25) is 15.9 Å². The van der Waals surface area contributed by atoms with Crippen LogP contribution in [0.3, 0.4) is 0 Å². The highest BCUT2D eigenvalue weighted by molar-refractivity contribution is 7.89. The molecule has 0 spiro atoms. The molecule has 2 saturated heterocycles. The van der Waals surface area contributed by atoms with Crippen LogP contribution >= 0.6 is 0 Å². The number of hydrogen-bond acceptors (Lipinski definition) is 4. The average molecular weight is 409 g/mol. The number of amides is 3. The van der Waals surface area contributed by atoms with Crippen molar-refractivity contribution >= 4 is 22.0 Å². The van der Waals surface area contributed by atoms with Crippen LogP contribution in [-0.4, -0.2) is 80.3 Å². The van der Waals surface area contributed by atoms with Crippen molar-refractivity contribution in [2.24, 2.45) is 0 Å². The van der Waals surface area contributed by atoms with Gasteiger partial charge in [0.25, 0.3) is 0 Å². The van der Waals surface area contributed by atoms with E-state index in [1.54, 1.807) is 22.8 Å². The molecule has 2 heterocycles. The van der Waals surface area contributed by atoms with Gasteiger partial charge in [0, 0.05) is 39.3 Å². The molecule has 0 unspecified atom stereocenters. The number of nitrogens with zero attached hydrogens (tertiary/aromatic N) is 3. The second-order valence-corrected chi connectivity index (χ2v) is 9.31. The first-order valence-electron chi connectivity index (χ1n) is 9.67. The van der Waals surface area contributed by atoms with Crippen molar-refractivity contribution in [2.75, 3.05) is 45.8 Å². The molecule has 3 rings (SSSR count). The monoisotopic (exact) mass is 408 g/mol. The number of rotatable bonds is 4. The van der Waals surface area contributed by atoms with E-state index < -0.39 is 10.0 Å². The number of piperazine rings is 1. The van der Waals surface area contributed by atoms with Gasteiger partial charge in [-0.3, -0.25) is 4.79 Å². The van der Waals surface area contributed by atoms with Gasteiger partial charge in [0.1, 0.15) is 0 Å². The second-order valence-electron chi connectivity index (χ2n) is 7.41. The molecule has 0 aromatic heterocycles. The topological polar surface area (TPSA) is 90.0 Å². The molecule has 2 aliphatic heterocycles. The number of benzene rings is 1. The van der Waals surface area contributed by atoms with Crippen molar-refractivity contribution < 1.29 is 18.0 Å². The number of carbonyl (C=O) groups excluding carboxylic acids is 2. The van der Waals surface area contributed by atoms with Crippen molar-refractivity contribution in [3.63, 3.8) is 0 Å². The number of aryl methyl sites for hydroxylation is 2. The molecular formula is C19H28N4O4S. The lowest BCUT2D eigenvalue weighted by molar-refractivity contribution is -0.129. The van der Waals surface area contributed by atoms with E-state index in [0.717, 1.165) is 31.5 Å². The van der Waals surface area contributed by atoms with Crippen molar-refractivity contribution in [1.29, 1.82) is 0 Å². The van der Waals surface area contributed by atoms with Crippen molar-refractivity contribution in [3.8, 4) is 0 Å². The van der Waals surface area contributed by atoms with E-state index in [1.165, 1.54) is 4.31 Å². The van der Waals surface area contributed by atoms with Crippen LogP contribution in [0.5, 0.6) is 0 Å².